The summed E-state index contributed by atoms with van der Waals surface area (Å²) >= 11 is 0. The van der Waals surface area contributed by atoms with Gasteiger partial charge in [0.15, 0.2) is 0 Å². The van der Waals surface area contributed by atoms with Gasteiger partial charge in [-0.1, -0.05) is 140 Å². The molecule has 0 spiro atoms. The molecule has 0 aliphatic rings. The third-order valence-corrected chi connectivity index (χ3v) is 8.02. The minimum absolute atomic E-state index is 0.943. The van der Waals surface area contributed by atoms with E-state index in [0.29, 0.717) is 0 Å². The van der Waals surface area contributed by atoms with Crippen molar-refractivity contribution in [1.29, 1.82) is 0 Å². The first kappa shape index (κ1) is 23.4. The van der Waals surface area contributed by atoms with Gasteiger partial charge < -0.3 is 0 Å². The van der Waals surface area contributed by atoms with Crippen LogP contribution in [0.1, 0.15) is 0 Å². The molecule has 0 saturated carbocycles. The zero-order valence-electron chi connectivity index (χ0n) is 22.4. The molecule has 0 unspecified atom stereocenters. The van der Waals surface area contributed by atoms with E-state index in [1.165, 1.54) is 43.8 Å². The van der Waals surface area contributed by atoms with Crippen molar-refractivity contribution in [1.82, 2.24) is 9.38 Å². The zero-order chi connectivity index (χ0) is 27.2. The van der Waals surface area contributed by atoms with Gasteiger partial charge in [-0.05, 0) is 55.9 Å². The number of imidazole rings is 1. The number of aromatic nitrogens is 2. The smallest absolute Gasteiger partial charge is 0.137 e. The molecule has 0 N–H and O–H groups in total. The summed E-state index contributed by atoms with van der Waals surface area (Å²) < 4.78 is 2.18. The minimum atomic E-state index is 0.943. The Morgan fingerprint density at radius 1 is 0.366 bits per heavy atom. The first-order valence-corrected chi connectivity index (χ1v) is 14.0. The van der Waals surface area contributed by atoms with Crippen LogP contribution in [-0.2, 0) is 0 Å². The molecule has 0 aliphatic carbocycles. The predicted molar refractivity (Wildman–Crippen MR) is 172 cm³/mol. The molecule has 0 atom stereocenters. The highest BCUT2D eigenvalue weighted by atomic mass is 15.0. The van der Waals surface area contributed by atoms with Crippen LogP contribution in [0.15, 0.2) is 158 Å². The monoisotopic (exact) mass is 522 g/mol. The van der Waals surface area contributed by atoms with E-state index in [0.717, 1.165) is 28.2 Å². The van der Waals surface area contributed by atoms with Gasteiger partial charge in [0.25, 0.3) is 0 Å². The van der Waals surface area contributed by atoms with E-state index in [2.05, 4.69) is 156 Å². The summed E-state index contributed by atoms with van der Waals surface area (Å²) in [6, 6.07) is 54.0. The largest absolute Gasteiger partial charge is 0.299 e. The maximum absolute atomic E-state index is 5.07. The number of pyridine rings is 1. The number of rotatable bonds is 4. The van der Waals surface area contributed by atoms with Crippen LogP contribution in [0.25, 0.3) is 72.0 Å². The topological polar surface area (TPSA) is 17.3 Å². The van der Waals surface area contributed by atoms with Gasteiger partial charge in [0.1, 0.15) is 5.65 Å². The predicted octanol–water partition coefficient (Wildman–Crippen LogP) is 10.3. The van der Waals surface area contributed by atoms with E-state index in [9.17, 15) is 0 Å². The summed E-state index contributed by atoms with van der Waals surface area (Å²) in [6.45, 7) is 0. The van der Waals surface area contributed by atoms with Gasteiger partial charge in [-0.25, -0.2) is 4.98 Å². The fraction of sp³-hybridized carbons (Fsp3) is 0. The van der Waals surface area contributed by atoms with Gasteiger partial charge in [-0.15, -0.1) is 0 Å². The third-order valence-electron chi connectivity index (χ3n) is 8.02. The molecule has 2 heterocycles. The molecule has 0 aliphatic heterocycles. The second kappa shape index (κ2) is 9.62. The molecule has 8 aromatic rings. The number of hydrogen-bond donors (Lipinski definition) is 0. The van der Waals surface area contributed by atoms with E-state index in [1.807, 2.05) is 6.07 Å². The number of nitrogens with zero attached hydrogens (tertiary/aromatic N) is 2. The van der Waals surface area contributed by atoms with Gasteiger partial charge in [0.2, 0.25) is 0 Å². The summed E-state index contributed by atoms with van der Waals surface area (Å²) in [5.74, 6) is 0. The Bertz CT molecular complexity index is 2120. The average molecular weight is 523 g/mol. The van der Waals surface area contributed by atoms with Crippen LogP contribution < -0.4 is 0 Å². The fourth-order valence-corrected chi connectivity index (χ4v) is 6.22. The Hall–Kier alpha value is -5.47. The van der Waals surface area contributed by atoms with Gasteiger partial charge in [-0.3, -0.25) is 4.40 Å². The second-order valence-electron chi connectivity index (χ2n) is 10.4. The van der Waals surface area contributed by atoms with Gasteiger partial charge in [0, 0.05) is 17.3 Å². The minimum Gasteiger partial charge on any atom is -0.299 e. The number of fused-ring (bicyclic) bond motifs is 3. The molecule has 0 fully saturated rings. The summed E-state index contributed by atoms with van der Waals surface area (Å²) in [4.78, 5) is 5.07. The quantitative estimate of drug-likeness (QED) is 0.210. The van der Waals surface area contributed by atoms with Crippen LogP contribution in [0.5, 0.6) is 0 Å². The zero-order valence-corrected chi connectivity index (χ0v) is 22.4. The lowest BCUT2D eigenvalue weighted by Gasteiger charge is -2.18. The summed E-state index contributed by atoms with van der Waals surface area (Å²) in [7, 11) is 0. The maximum atomic E-state index is 5.07. The molecule has 2 nitrogen and oxygen atoms in total. The molecule has 0 saturated heterocycles. The first-order valence-electron chi connectivity index (χ1n) is 14.0. The Morgan fingerprint density at radius 3 is 1.37 bits per heavy atom. The third kappa shape index (κ3) is 3.84. The molecule has 41 heavy (non-hydrogen) atoms. The van der Waals surface area contributed by atoms with Gasteiger partial charge >= 0.3 is 0 Å². The highest BCUT2D eigenvalue weighted by Crippen LogP contribution is 2.44. The molecular formula is C39H26N2. The SMILES string of the molecule is c1ccc(-c2c3ccccc3c(-c3ccc(-c4nc5ccccn5c4-c4ccccc4)cc3)c3ccccc23)cc1. The molecule has 2 heteroatoms. The van der Waals surface area contributed by atoms with Crippen molar-refractivity contribution < 1.29 is 0 Å². The van der Waals surface area contributed by atoms with E-state index < -0.39 is 0 Å². The summed E-state index contributed by atoms with van der Waals surface area (Å²) in [5.41, 5.74) is 10.3. The van der Waals surface area contributed by atoms with Gasteiger partial charge in [0.05, 0.1) is 11.4 Å². The second-order valence-corrected chi connectivity index (χ2v) is 10.4. The van der Waals surface area contributed by atoms with Crippen molar-refractivity contribution in [3.63, 3.8) is 0 Å². The Labute approximate surface area is 238 Å². The highest BCUT2D eigenvalue weighted by molar-refractivity contribution is 6.21. The molecule has 2 aromatic heterocycles. The maximum Gasteiger partial charge on any atom is 0.137 e. The van der Waals surface area contributed by atoms with Gasteiger partial charge in [-0.2, -0.15) is 0 Å². The van der Waals surface area contributed by atoms with Crippen molar-refractivity contribution in [3.05, 3.63) is 158 Å². The standard InChI is InChI=1S/C39H26N2/c1-3-13-27(14-4-1)36-31-17-7-9-19-33(31)37(34-20-10-8-18-32(34)36)28-22-24-29(25-23-28)38-39(30-15-5-2-6-16-30)41-26-12-11-21-35(41)40-38/h1-26H. The summed E-state index contributed by atoms with van der Waals surface area (Å²) in [6.07, 6.45) is 2.09. The molecule has 8 rings (SSSR count). The number of benzene rings is 6. The van der Waals surface area contributed by atoms with Crippen LogP contribution in [0.2, 0.25) is 0 Å². The van der Waals surface area contributed by atoms with E-state index >= 15 is 0 Å². The molecular weight excluding hydrogens is 496 g/mol. The lowest BCUT2D eigenvalue weighted by molar-refractivity contribution is 1.19. The van der Waals surface area contributed by atoms with Crippen LogP contribution in [0, 0.1) is 0 Å². The lowest BCUT2D eigenvalue weighted by atomic mass is 9.86. The van der Waals surface area contributed by atoms with Crippen LogP contribution in [0.3, 0.4) is 0 Å². The summed E-state index contributed by atoms with van der Waals surface area (Å²) in [5, 5.41) is 5.05. The highest BCUT2D eigenvalue weighted by Gasteiger charge is 2.18. The van der Waals surface area contributed by atoms with E-state index in [-0.39, 0.29) is 0 Å². The van der Waals surface area contributed by atoms with Crippen LogP contribution >= 0.6 is 0 Å². The van der Waals surface area contributed by atoms with Crippen LogP contribution in [0.4, 0.5) is 0 Å². The lowest BCUT2D eigenvalue weighted by Crippen LogP contribution is -1.91. The Morgan fingerprint density at radius 2 is 0.805 bits per heavy atom. The van der Waals surface area contributed by atoms with Crippen LogP contribution in [-0.4, -0.2) is 9.38 Å². The molecule has 0 radical (unpaired) electrons. The average Bonchev–Trinajstić information content (AvgIpc) is 3.44. The molecule has 6 aromatic carbocycles. The van der Waals surface area contributed by atoms with Crippen molar-refractivity contribution in [2.24, 2.45) is 0 Å². The molecule has 0 amide bonds. The fourth-order valence-electron chi connectivity index (χ4n) is 6.22. The van der Waals surface area contributed by atoms with Crippen molar-refractivity contribution in [2.75, 3.05) is 0 Å². The Kier molecular flexibility index (Phi) is 5.49. The first-order chi connectivity index (χ1) is 20.4. The van der Waals surface area contributed by atoms with Crippen molar-refractivity contribution in [2.45, 2.75) is 0 Å². The van der Waals surface area contributed by atoms with E-state index in [1.54, 1.807) is 0 Å². The number of hydrogen-bond acceptors (Lipinski definition) is 1. The van der Waals surface area contributed by atoms with Crippen molar-refractivity contribution in [3.8, 4) is 44.8 Å². The molecule has 0 bridgehead atoms. The Balaban J connectivity index is 1.34. The normalized spacial score (nSPS) is 11.4. The van der Waals surface area contributed by atoms with Crippen molar-refractivity contribution >= 4 is 27.2 Å². The molecule has 192 valence electrons. The van der Waals surface area contributed by atoms with E-state index in [4.69, 9.17) is 4.98 Å².